The molecule has 0 unspecified atom stereocenters. The van der Waals surface area contributed by atoms with E-state index in [2.05, 4.69) is 0 Å². The largest absolute Gasteiger partial charge is 0.335 e. The van der Waals surface area contributed by atoms with Crippen LogP contribution in [0.4, 0.5) is 8.78 Å². The maximum atomic E-state index is 13.8. The van der Waals surface area contributed by atoms with Crippen LogP contribution in [0.3, 0.4) is 0 Å². The Morgan fingerprint density at radius 2 is 1.81 bits per heavy atom. The molecule has 1 amide bonds. The van der Waals surface area contributed by atoms with Gasteiger partial charge in [-0.3, -0.25) is 4.79 Å². The lowest BCUT2D eigenvalue weighted by Crippen LogP contribution is -2.39. The van der Waals surface area contributed by atoms with Crippen LogP contribution in [0.25, 0.3) is 0 Å². The highest BCUT2D eigenvalue weighted by atomic mass is 19.1. The molecule has 0 heterocycles. The lowest BCUT2D eigenvalue weighted by Gasteiger charge is -2.30. The number of carbonyl (C=O) groups is 1. The summed E-state index contributed by atoms with van der Waals surface area (Å²) < 4.78 is 27.7. The molecule has 0 radical (unpaired) electrons. The van der Waals surface area contributed by atoms with Crippen molar-refractivity contribution in [3.05, 3.63) is 35.4 Å². The highest BCUT2D eigenvalue weighted by Crippen LogP contribution is 2.27. The van der Waals surface area contributed by atoms with Gasteiger partial charge in [0.25, 0.3) is 0 Å². The standard InChI is InChI=1S/C17H23F2NO/c1-12(2)10-17(21)20(13-6-3-4-7-13)11-14-15(18)8-5-9-16(14)19/h5,8-9,12-13H,3-4,6-7,10-11H2,1-2H3. The van der Waals surface area contributed by atoms with E-state index in [1.165, 1.54) is 18.2 Å². The Bertz CT molecular complexity index is 475. The molecule has 0 aliphatic heterocycles. The third kappa shape index (κ3) is 4.02. The number of carbonyl (C=O) groups excluding carboxylic acids is 1. The van der Waals surface area contributed by atoms with Crippen molar-refractivity contribution in [1.82, 2.24) is 4.90 Å². The molecule has 116 valence electrons. The zero-order valence-electron chi connectivity index (χ0n) is 12.7. The van der Waals surface area contributed by atoms with Gasteiger partial charge in [-0.25, -0.2) is 8.78 Å². The summed E-state index contributed by atoms with van der Waals surface area (Å²) in [6.45, 7) is 4.00. The Morgan fingerprint density at radius 1 is 1.24 bits per heavy atom. The van der Waals surface area contributed by atoms with Crippen LogP contribution in [0.15, 0.2) is 18.2 Å². The molecule has 1 aromatic rings. The number of amides is 1. The number of nitrogens with zero attached hydrogens (tertiary/aromatic N) is 1. The molecule has 0 saturated heterocycles. The van der Waals surface area contributed by atoms with Crippen LogP contribution in [0, 0.1) is 17.6 Å². The van der Waals surface area contributed by atoms with Gasteiger partial charge >= 0.3 is 0 Å². The van der Waals surface area contributed by atoms with E-state index in [9.17, 15) is 13.6 Å². The van der Waals surface area contributed by atoms with Crippen molar-refractivity contribution < 1.29 is 13.6 Å². The van der Waals surface area contributed by atoms with Crippen molar-refractivity contribution in [2.75, 3.05) is 0 Å². The lowest BCUT2D eigenvalue weighted by atomic mass is 10.1. The van der Waals surface area contributed by atoms with Gasteiger partial charge < -0.3 is 4.90 Å². The molecule has 0 N–H and O–H groups in total. The van der Waals surface area contributed by atoms with E-state index >= 15 is 0 Å². The molecular formula is C17H23F2NO. The van der Waals surface area contributed by atoms with Gasteiger partial charge in [0, 0.05) is 18.0 Å². The van der Waals surface area contributed by atoms with Crippen molar-refractivity contribution in [2.45, 2.75) is 58.5 Å². The molecule has 0 spiro atoms. The second-order valence-electron chi connectivity index (χ2n) is 6.26. The van der Waals surface area contributed by atoms with Gasteiger partial charge in [-0.2, -0.15) is 0 Å². The minimum absolute atomic E-state index is 0.000414. The molecule has 1 fully saturated rings. The van der Waals surface area contributed by atoms with Gasteiger partial charge in [0.2, 0.25) is 5.91 Å². The number of hydrogen-bond acceptors (Lipinski definition) is 1. The van der Waals surface area contributed by atoms with Crippen molar-refractivity contribution in [1.29, 1.82) is 0 Å². The number of rotatable bonds is 5. The second-order valence-corrected chi connectivity index (χ2v) is 6.26. The Morgan fingerprint density at radius 3 is 2.33 bits per heavy atom. The minimum atomic E-state index is -0.574. The average Bonchev–Trinajstić information content (AvgIpc) is 2.91. The van der Waals surface area contributed by atoms with Crippen LogP contribution in [-0.4, -0.2) is 16.8 Å². The molecule has 4 heteroatoms. The Balaban J connectivity index is 2.21. The van der Waals surface area contributed by atoms with Crippen LogP contribution < -0.4 is 0 Å². The SMILES string of the molecule is CC(C)CC(=O)N(Cc1c(F)cccc1F)C1CCCC1. The first-order valence-corrected chi connectivity index (χ1v) is 7.71. The molecule has 21 heavy (non-hydrogen) atoms. The first kappa shape index (κ1) is 15.9. The molecule has 2 rings (SSSR count). The summed E-state index contributed by atoms with van der Waals surface area (Å²) >= 11 is 0. The number of hydrogen-bond donors (Lipinski definition) is 0. The Kier molecular flexibility index (Phi) is 5.32. The highest BCUT2D eigenvalue weighted by Gasteiger charge is 2.28. The predicted molar refractivity (Wildman–Crippen MR) is 78.6 cm³/mol. The molecule has 0 aromatic heterocycles. The van der Waals surface area contributed by atoms with Crippen molar-refractivity contribution >= 4 is 5.91 Å². The van der Waals surface area contributed by atoms with E-state index < -0.39 is 11.6 Å². The summed E-state index contributed by atoms with van der Waals surface area (Å²) in [6.07, 6.45) is 4.44. The normalized spacial score (nSPS) is 15.7. The zero-order valence-corrected chi connectivity index (χ0v) is 12.7. The van der Waals surface area contributed by atoms with Crippen LogP contribution in [0.5, 0.6) is 0 Å². The van der Waals surface area contributed by atoms with Crippen LogP contribution >= 0.6 is 0 Å². The van der Waals surface area contributed by atoms with E-state index in [1.807, 2.05) is 13.8 Å². The van der Waals surface area contributed by atoms with E-state index in [1.54, 1.807) is 4.90 Å². The smallest absolute Gasteiger partial charge is 0.223 e. The Labute approximate surface area is 125 Å². The van der Waals surface area contributed by atoms with Gasteiger partial charge in [-0.1, -0.05) is 32.8 Å². The topological polar surface area (TPSA) is 20.3 Å². The first-order chi connectivity index (χ1) is 9.99. The van der Waals surface area contributed by atoms with Gasteiger partial charge in [0.15, 0.2) is 0 Å². The molecule has 0 atom stereocenters. The van der Waals surface area contributed by atoms with Gasteiger partial charge in [-0.05, 0) is 30.9 Å². The molecule has 1 saturated carbocycles. The van der Waals surface area contributed by atoms with Crippen molar-refractivity contribution in [3.63, 3.8) is 0 Å². The first-order valence-electron chi connectivity index (χ1n) is 7.71. The van der Waals surface area contributed by atoms with Crippen LogP contribution in [0.1, 0.15) is 51.5 Å². The maximum Gasteiger partial charge on any atom is 0.223 e. The van der Waals surface area contributed by atoms with E-state index in [4.69, 9.17) is 0 Å². The van der Waals surface area contributed by atoms with Crippen molar-refractivity contribution in [3.8, 4) is 0 Å². The molecular weight excluding hydrogens is 272 g/mol. The molecule has 1 aliphatic rings. The third-order valence-corrected chi connectivity index (χ3v) is 4.06. The van der Waals surface area contributed by atoms with E-state index in [-0.39, 0.29) is 30.0 Å². The van der Waals surface area contributed by atoms with Gasteiger partial charge in [-0.15, -0.1) is 0 Å². The average molecular weight is 295 g/mol. The third-order valence-electron chi connectivity index (χ3n) is 4.06. The molecule has 1 aliphatic carbocycles. The van der Waals surface area contributed by atoms with Gasteiger partial charge in [0.1, 0.15) is 11.6 Å². The molecule has 0 bridgehead atoms. The van der Waals surface area contributed by atoms with E-state index in [0.717, 1.165) is 25.7 Å². The summed E-state index contributed by atoms with van der Waals surface area (Å²) in [5.74, 6) is -0.905. The summed E-state index contributed by atoms with van der Waals surface area (Å²) in [4.78, 5) is 14.1. The van der Waals surface area contributed by atoms with Crippen LogP contribution in [-0.2, 0) is 11.3 Å². The lowest BCUT2D eigenvalue weighted by molar-refractivity contribution is -0.135. The minimum Gasteiger partial charge on any atom is -0.335 e. The monoisotopic (exact) mass is 295 g/mol. The van der Waals surface area contributed by atoms with Crippen molar-refractivity contribution in [2.24, 2.45) is 5.92 Å². The van der Waals surface area contributed by atoms with Gasteiger partial charge in [0.05, 0.1) is 6.54 Å². The fourth-order valence-corrected chi connectivity index (χ4v) is 2.96. The molecule has 2 nitrogen and oxygen atoms in total. The molecule has 1 aromatic carbocycles. The summed E-state index contributed by atoms with van der Waals surface area (Å²) in [7, 11) is 0. The van der Waals surface area contributed by atoms with Crippen LogP contribution in [0.2, 0.25) is 0 Å². The maximum absolute atomic E-state index is 13.8. The second kappa shape index (κ2) is 7.01. The summed E-state index contributed by atoms with van der Waals surface area (Å²) in [5, 5.41) is 0. The zero-order chi connectivity index (χ0) is 15.4. The fraction of sp³-hybridized carbons (Fsp3) is 0.588. The van der Waals surface area contributed by atoms with E-state index in [0.29, 0.717) is 6.42 Å². The highest BCUT2D eigenvalue weighted by molar-refractivity contribution is 5.76. The predicted octanol–water partition coefficient (Wildman–Crippen LogP) is 4.28. The number of halogens is 2. The number of benzene rings is 1. The summed E-state index contributed by atoms with van der Waals surface area (Å²) in [6, 6.07) is 3.97. The fourth-order valence-electron chi connectivity index (χ4n) is 2.96. The quantitative estimate of drug-likeness (QED) is 0.794. The Hall–Kier alpha value is -1.45. The summed E-state index contributed by atoms with van der Waals surface area (Å²) in [5.41, 5.74) is 0.00139.